The predicted molar refractivity (Wildman–Crippen MR) is 86.7 cm³/mol. The van der Waals surface area contributed by atoms with E-state index in [-0.39, 0.29) is 5.69 Å². The average molecular weight is 314 g/mol. The fourth-order valence-corrected chi connectivity index (χ4v) is 2.39. The Labute approximate surface area is 131 Å². The monoisotopic (exact) mass is 313 g/mol. The highest BCUT2D eigenvalue weighted by Crippen LogP contribution is 2.22. The van der Waals surface area contributed by atoms with E-state index in [9.17, 15) is 10.1 Å². The number of non-ortho nitro benzene ring substituents is 1. The van der Waals surface area contributed by atoms with E-state index in [2.05, 4.69) is 38.2 Å². The Balaban J connectivity index is 2.62. The molecule has 1 rings (SSSR count). The molecule has 0 radical (unpaired) electrons. The lowest BCUT2D eigenvalue weighted by molar-refractivity contribution is -0.384. The van der Waals surface area contributed by atoms with E-state index in [4.69, 9.17) is 11.6 Å². The third-order valence-electron chi connectivity index (χ3n) is 3.41. The number of likely N-dealkylation sites (N-methyl/N-ethyl adjacent to an activating group) is 1. The summed E-state index contributed by atoms with van der Waals surface area (Å²) in [5.74, 6) is 0.626. The summed E-state index contributed by atoms with van der Waals surface area (Å²) in [7, 11) is 4.13. The van der Waals surface area contributed by atoms with Crippen molar-refractivity contribution in [3.05, 3.63) is 38.9 Å². The van der Waals surface area contributed by atoms with Crippen LogP contribution in [0.15, 0.2) is 18.2 Å². The summed E-state index contributed by atoms with van der Waals surface area (Å²) in [5.41, 5.74) is 0.829. The molecule has 0 aromatic heterocycles. The number of hydrogen-bond donors (Lipinski definition) is 1. The fraction of sp³-hybridized carbons (Fsp3) is 0.600. The smallest absolute Gasteiger partial charge is 0.269 e. The average Bonchev–Trinajstić information content (AvgIpc) is 2.38. The van der Waals surface area contributed by atoms with Crippen LogP contribution in [0.2, 0.25) is 5.02 Å². The van der Waals surface area contributed by atoms with Crippen molar-refractivity contribution in [3.8, 4) is 0 Å². The van der Waals surface area contributed by atoms with Crippen LogP contribution in [0, 0.1) is 16.0 Å². The van der Waals surface area contributed by atoms with Gasteiger partial charge in [-0.2, -0.15) is 0 Å². The van der Waals surface area contributed by atoms with E-state index in [1.807, 2.05) is 0 Å². The zero-order valence-electron chi connectivity index (χ0n) is 13.1. The zero-order chi connectivity index (χ0) is 16.0. The summed E-state index contributed by atoms with van der Waals surface area (Å²) in [5, 5.41) is 14.7. The highest BCUT2D eigenvalue weighted by atomic mass is 35.5. The highest BCUT2D eigenvalue weighted by molar-refractivity contribution is 6.31. The molecule has 0 saturated carbocycles. The van der Waals surface area contributed by atoms with Crippen LogP contribution in [0.1, 0.15) is 25.8 Å². The Morgan fingerprint density at radius 2 is 2.05 bits per heavy atom. The van der Waals surface area contributed by atoms with Crippen LogP contribution in [-0.2, 0) is 6.54 Å². The van der Waals surface area contributed by atoms with E-state index in [1.165, 1.54) is 12.1 Å². The molecule has 1 atom stereocenters. The van der Waals surface area contributed by atoms with Crippen LogP contribution in [0.3, 0.4) is 0 Å². The molecule has 0 aliphatic heterocycles. The van der Waals surface area contributed by atoms with Crippen LogP contribution < -0.4 is 5.32 Å². The Morgan fingerprint density at radius 1 is 1.38 bits per heavy atom. The summed E-state index contributed by atoms with van der Waals surface area (Å²) >= 11 is 6.09. The van der Waals surface area contributed by atoms with Gasteiger partial charge in [-0.05, 0) is 38.1 Å². The first-order valence-electron chi connectivity index (χ1n) is 7.11. The van der Waals surface area contributed by atoms with E-state index >= 15 is 0 Å². The number of rotatable bonds is 8. The van der Waals surface area contributed by atoms with Gasteiger partial charge in [0, 0.05) is 36.3 Å². The van der Waals surface area contributed by atoms with Gasteiger partial charge in [-0.1, -0.05) is 25.4 Å². The molecular formula is C15H24ClN3O2. The first kappa shape index (κ1) is 17.9. The topological polar surface area (TPSA) is 58.4 Å². The predicted octanol–water partition coefficient (Wildman–Crippen LogP) is 3.31. The maximum Gasteiger partial charge on any atom is 0.269 e. The van der Waals surface area contributed by atoms with Gasteiger partial charge in [0.05, 0.1) is 4.92 Å². The molecule has 0 heterocycles. The highest BCUT2D eigenvalue weighted by Gasteiger charge is 2.14. The molecule has 0 amide bonds. The van der Waals surface area contributed by atoms with Crippen molar-refractivity contribution in [2.75, 3.05) is 20.6 Å². The lowest BCUT2D eigenvalue weighted by Crippen LogP contribution is -2.38. The fourth-order valence-electron chi connectivity index (χ4n) is 2.20. The second kappa shape index (κ2) is 8.32. The second-order valence-corrected chi connectivity index (χ2v) is 6.32. The standard InChI is InChI=1S/C15H24ClN3O2/c1-11(2)7-14(18(3)4)10-17-9-12-8-13(19(20)21)5-6-15(12)16/h5-6,8,11,14,17H,7,9-10H2,1-4H3. The number of nitro groups is 1. The van der Waals surface area contributed by atoms with Crippen molar-refractivity contribution in [2.24, 2.45) is 5.92 Å². The van der Waals surface area contributed by atoms with Crippen LogP contribution >= 0.6 is 11.6 Å². The Kier molecular flexibility index (Phi) is 7.08. The maximum absolute atomic E-state index is 10.8. The summed E-state index contributed by atoms with van der Waals surface area (Å²) in [6, 6.07) is 4.96. The summed E-state index contributed by atoms with van der Waals surface area (Å²) in [6.07, 6.45) is 1.10. The van der Waals surface area contributed by atoms with Crippen LogP contribution in [0.4, 0.5) is 5.69 Å². The van der Waals surface area contributed by atoms with Gasteiger partial charge in [-0.15, -0.1) is 0 Å². The Bertz CT molecular complexity index is 478. The normalized spacial score (nSPS) is 12.9. The summed E-state index contributed by atoms with van der Waals surface area (Å²) in [4.78, 5) is 12.6. The molecule has 0 fully saturated rings. The van der Waals surface area contributed by atoms with Crippen molar-refractivity contribution in [3.63, 3.8) is 0 Å². The lowest BCUT2D eigenvalue weighted by Gasteiger charge is -2.26. The van der Waals surface area contributed by atoms with Crippen LogP contribution in [-0.4, -0.2) is 36.5 Å². The van der Waals surface area contributed by atoms with Crippen molar-refractivity contribution in [2.45, 2.75) is 32.9 Å². The molecule has 21 heavy (non-hydrogen) atoms. The quantitative estimate of drug-likeness (QED) is 0.591. The van der Waals surface area contributed by atoms with Crippen molar-refractivity contribution in [1.82, 2.24) is 10.2 Å². The molecule has 0 saturated heterocycles. The third kappa shape index (κ3) is 5.99. The number of benzene rings is 1. The number of hydrogen-bond acceptors (Lipinski definition) is 4. The Hall–Kier alpha value is -1.17. The van der Waals surface area contributed by atoms with E-state index in [1.54, 1.807) is 6.07 Å². The zero-order valence-corrected chi connectivity index (χ0v) is 13.9. The molecule has 0 bridgehead atoms. The summed E-state index contributed by atoms with van der Waals surface area (Å²) < 4.78 is 0. The van der Waals surface area contributed by atoms with E-state index in [0.29, 0.717) is 23.5 Å². The van der Waals surface area contributed by atoms with Crippen LogP contribution in [0.5, 0.6) is 0 Å². The molecule has 1 aromatic rings. The largest absolute Gasteiger partial charge is 0.311 e. The van der Waals surface area contributed by atoms with Gasteiger partial charge in [0.15, 0.2) is 0 Å². The minimum Gasteiger partial charge on any atom is -0.311 e. The van der Waals surface area contributed by atoms with Crippen LogP contribution in [0.25, 0.3) is 0 Å². The molecule has 1 N–H and O–H groups in total. The molecule has 0 spiro atoms. The third-order valence-corrected chi connectivity index (χ3v) is 3.78. The Morgan fingerprint density at radius 3 is 2.57 bits per heavy atom. The van der Waals surface area contributed by atoms with Crippen molar-refractivity contribution < 1.29 is 4.92 Å². The van der Waals surface area contributed by atoms with Gasteiger partial charge in [-0.3, -0.25) is 10.1 Å². The minimum atomic E-state index is -0.402. The molecule has 0 aliphatic carbocycles. The molecule has 118 valence electrons. The molecule has 1 aromatic carbocycles. The number of nitrogens with one attached hydrogen (secondary N) is 1. The van der Waals surface area contributed by atoms with Gasteiger partial charge < -0.3 is 10.2 Å². The first-order valence-corrected chi connectivity index (χ1v) is 7.49. The van der Waals surface area contributed by atoms with Gasteiger partial charge >= 0.3 is 0 Å². The van der Waals surface area contributed by atoms with Crippen molar-refractivity contribution in [1.29, 1.82) is 0 Å². The van der Waals surface area contributed by atoms with Crippen molar-refractivity contribution >= 4 is 17.3 Å². The lowest BCUT2D eigenvalue weighted by atomic mass is 10.0. The van der Waals surface area contributed by atoms with E-state index < -0.39 is 4.92 Å². The first-order chi connectivity index (χ1) is 9.81. The number of halogens is 1. The number of nitrogens with zero attached hydrogens (tertiary/aromatic N) is 2. The molecule has 1 unspecified atom stereocenters. The molecule has 0 aliphatic rings. The van der Waals surface area contributed by atoms with Gasteiger partial charge in [0.1, 0.15) is 0 Å². The molecule has 5 nitrogen and oxygen atoms in total. The SMILES string of the molecule is CC(C)CC(CNCc1cc([N+](=O)[O-])ccc1Cl)N(C)C. The molecule has 6 heteroatoms. The maximum atomic E-state index is 10.8. The molecular weight excluding hydrogens is 290 g/mol. The number of nitro benzene ring substituents is 1. The van der Waals surface area contributed by atoms with Gasteiger partial charge in [-0.25, -0.2) is 0 Å². The second-order valence-electron chi connectivity index (χ2n) is 5.91. The minimum absolute atomic E-state index is 0.0718. The van der Waals surface area contributed by atoms with Gasteiger partial charge in [0.25, 0.3) is 5.69 Å². The van der Waals surface area contributed by atoms with Gasteiger partial charge in [0.2, 0.25) is 0 Å². The summed E-state index contributed by atoms with van der Waals surface area (Å²) in [6.45, 7) is 5.76. The van der Waals surface area contributed by atoms with E-state index in [0.717, 1.165) is 18.5 Å².